The van der Waals surface area contributed by atoms with Crippen LogP contribution in [0.25, 0.3) is 0 Å². The standard InChI is InChI=1S/C18H20O4/c1-2-3-12-22-16-10-6-14(7-11-16)18(21)17(20)13-4-8-15(19)9-5-13/h4-11,18-19,21H,2-3,12H2,1H3. The Labute approximate surface area is 130 Å². The maximum Gasteiger partial charge on any atom is 0.195 e. The van der Waals surface area contributed by atoms with E-state index < -0.39 is 11.9 Å². The predicted molar refractivity (Wildman–Crippen MR) is 84.2 cm³/mol. The Morgan fingerprint density at radius 3 is 2.32 bits per heavy atom. The van der Waals surface area contributed by atoms with E-state index in [1.165, 1.54) is 24.3 Å². The highest BCUT2D eigenvalue weighted by atomic mass is 16.5. The summed E-state index contributed by atoms with van der Waals surface area (Å²) in [7, 11) is 0. The van der Waals surface area contributed by atoms with Crippen LogP contribution in [-0.2, 0) is 0 Å². The zero-order chi connectivity index (χ0) is 15.9. The van der Waals surface area contributed by atoms with Crippen molar-refractivity contribution in [2.75, 3.05) is 6.61 Å². The average Bonchev–Trinajstić information content (AvgIpc) is 2.55. The van der Waals surface area contributed by atoms with Crippen molar-refractivity contribution in [1.29, 1.82) is 0 Å². The van der Waals surface area contributed by atoms with E-state index in [2.05, 4.69) is 6.92 Å². The molecule has 0 heterocycles. The molecule has 0 saturated carbocycles. The highest BCUT2D eigenvalue weighted by Crippen LogP contribution is 2.22. The number of phenols is 1. The number of ketones is 1. The highest BCUT2D eigenvalue weighted by molar-refractivity contribution is 5.99. The topological polar surface area (TPSA) is 66.8 Å². The summed E-state index contributed by atoms with van der Waals surface area (Å²) >= 11 is 0. The summed E-state index contributed by atoms with van der Waals surface area (Å²) in [6.45, 7) is 2.75. The second kappa shape index (κ2) is 7.61. The Kier molecular flexibility index (Phi) is 5.55. The monoisotopic (exact) mass is 300 g/mol. The molecule has 0 radical (unpaired) electrons. The number of aromatic hydroxyl groups is 1. The van der Waals surface area contributed by atoms with Crippen LogP contribution in [-0.4, -0.2) is 22.6 Å². The molecule has 0 fully saturated rings. The molecule has 1 unspecified atom stereocenters. The van der Waals surface area contributed by atoms with Gasteiger partial charge in [0.25, 0.3) is 0 Å². The van der Waals surface area contributed by atoms with Gasteiger partial charge >= 0.3 is 0 Å². The fourth-order valence-electron chi connectivity index (χ4n) is 2.02. The molecule has 22 heavy (non-hydrogen) atoms. The summed E-state index contributed by atoms with van der Waals surface area (Å²) < 4.78 is 5.55. The number of Topliss-reactive ketones (excluding diaryl/α,β-unsaturated/α-hetero) is 1. The Morgan fingerprint density at radius 1 is 1.09 bits per heavy atom. The fraction of sp³-hybridized carbons (Fsp3) is 0.278. The van der Waals surface area contributed by atoms with Crippen LogP contribution in [0.15, 0.2) is 48.5 Å². The minimum atomic E-state index is -1.23. The Bertz CT molecular complexity index is 602. The van der Waals surface area contributed by atoms with E-state index in [1.54, 1.807) is 24.3 Å². The zero-order valence-corrected chi connectivity index (χ0v) is 12.5. The van der Waals surface area contributed by atoms with Gasteiger partial charge in [-0.05, 0) is 48.4 Å². The first-order valence-corrected chi connectivity index (χ1v) is 7.36. The number of hydrogen-bond acceptors (Lipinski definition) is 4. The summed E-state index contributed by atoms with van der Waals surface area (Å²) in [6.07, 6.45) is 0.830. The molecule has 2 N–H and O–H groups in total. The van der Waals surface area contributed by atoms with Crippen molar-refractivity contribution in [3.05, 3.63) is 59.7 Å². The van der Waals surface area contributed by atoms with Crippen molar-refractivity contribution in [3.63, 3.8) is 0 Å². The number of aliphatic hydroxyl groups is 1. The van der Waals surface area contributed by atoms with Crippen LogP contribution in [0.3, 0.4) is 0 Å². The van der Waals surface area contributed by atoms with E-state index in [-0.39, 0.29) is 5.75 Å². The quantitative estimate of drug-likeness (QED) is 0.607. The van der Waals surface area contributed by atoms with Gasteiger partial charge in [-0.25, -0.2) is 0 Å². The lowest BCUT2D eigenvalue weighted by molar-refractivity contribution is 0.0747. The summed E-state index contributed by atoms with van der Waals surface area (Å²) in [5.41, 5.74) is 0.870. The number of rotatable bonds is 7. The van der Waals surface area contributed by atoms with Crippen LogP contribution < -0.4 is 4.74 Å². The van der Waals surface area contributed by atoms with Gasteiger partial charge in [0.2, 0.25) is 0 Å². The lowest BCUT2D eigenvalue weighted by atomic mass is 10.00. The molecule has 4 heteroatoms. The normalized spacial score (nSPS) is 11.9. The highest BCUT2D eigenvalue weighted by Gasteiger charge is 2.19. The van der Waals surface area contributed by atoms with Crippen LogP contribution in [0.4, 0.5) is 0 Å². The van der Waals surface area contributed by atoms with Gasteiger partial charge in [-0.1, -0.05) is 25.5 Å². The van der Waals surface area contributed by atoms with E-state index >= 15 is 0 Å². The van der Waals surface area contributed by atoms with Crippen LogP contribution in [0.2, 0.25) is 0 Å². The molecular weight excluding hydrogens is 280 g/mol. The number of aliphatic hydroxyl groups excluding tert-OH is 1. The maximum absolute atomic E-state index is 12.2. The van der Waals surface area contributed by atoms with Gasteiger partial charge in [-0.2, -0.15) is 0 Å². The molecule has 2 rings (SSSR count). The van der Waals surface area contributed by atoms with E-state index in [0.717, 1.165) is 18.6 Å². The Morgan fingerprint density at radius 2 is 1.73 bits per heavy atom. The number of carbonyl (C=O) groups excluding carboxylic acids is 1. The first-order chi connectivity index (χ1) is 10.6. The van der Waals surface area contributed by atoms with Crippen molar-refractivity contribution >= 4 is 5.78 Å². The molecule has 0 aliphatic heterocycles. The largest absolute Gasteiger partial charge is 0.508 e. The van der Waals surface area contributed by atoms with E-state index in [9.17, 15) is 15.0 Å². The molecule has 0 amide bonds. The lowest BCUT2D eigenvalue weighted by Gasteiger charge is -2.11. The van der Waals surface area contributed by atoms with E-state index in [1.807, 2.05) is 0 Å². The van der Waals surface area contributed by atoms with Crippen molar-refractivity contribution in [2.45, 2.75) is 25.9 Å². The van der Waals surface area contributed by atoms with E-state index in [4.69, 9.17) is 4.74 Å². The molecule has 0 aromatic heterocycles. The number of ether oxygens (including phenoxy) is 1. The molecule has 0 spiro atoms. The minimum absolute atomic E-state index is 0.0830. The van der Waals surface area contributed by atoms with Gasteiger partial charge in [-0.15, -0.1) is 0 Å². The number of hydrogen-bond donors (Lipinski definition) is 2. The van der Waals surface area contributed by atoms with Crippen LogP contribution >= 0.6 is 0 Å². The molecule has 116 valence electrons. The SMILES string of the molecule is CCCCOc1ccc(C(O)C(=O)c2ccc(O)cc2)cc1. The van der Waals surface area contributed by atoms with Gasteiger partial charge in [0.1, 0.15) is 17.6 Å². The van der Waals surface area contributed by atoms with Crippen molar-refractivity contribution in [1.82, 2.24) is 0 Å². The molecule has 4 nitrogen and oxygen atoms in total. The number of carbonyl (C=O) groups is 1. The molecule has 0 aliphatic carbocycles. The van der Waals surface area contributed by atoms with Gasteiger partial charge in [0.05, 0.1) is 6.61 Å². The molecule has 0 bridgehead atoms. The van der Waals surface area contributed by atoms with E-state index in [0.29, 0.717) is 17.7 Å². The minimum Gasteiger partial charge on any atom is -0.508 e. The predicted octanol–water partition coefficient (Wildman–Crippen LogP) is 3.49. The smallest absolute Gasteiger partial charge is 0.195 e. The first-order valence-electron chi connectivity index (χ1n) is 7.36. The fourth-order valence-corrected chi connectivity index (χ4v) is 2.02. The summed E-state index contributed by atoms with van der Waals surface area (Å²) in [5, 5.41) is 19.4. The number of phenolic OH excluding ortho intramolecular Hbond substituents is 1. The lowest BCUT2D eigenvalue weighted by Crippen LogP contribution is -2.12. The molecular formula is C18H20O4. The Hall–Kier alpha value is -2.33. The maximum atomic E-state index is 12.2. The van der Waals surface area contributed by atoms with Crippen molar-refractivity contribution in [3.8, 4) is 11.5 Å². The molecule has 0 saturated heterocycles. The van der Waals surface area contributed by atoms with Gasteiger partial charge in [0.15, 0.2) is 5.78 Å². The Balaban J connectivity index is 2.04. The third-order valence-corrected chi connectivity index (χ3v) is 3.36. The van der Waals surface area contributed by atoms with Gasteiger partial charge in [-0.3, -0.25) is 4.79 Å². The molecule has 2 aromatic rings. The van der Waals surface area contributed by atoms with Crippen LogP contribution in [0, 0.1) is 0 Å². The van der Waals surface area contributed by atoms with Gasteiger partial charge < -0.3 is 14.9 Å². The molecule has 1 atom stereocenters. The third-order valence-electron chi connectivity index (χ3n) is 3.36. The summed E-state index contributed by atoms with van der Waals surface area (Å²) in [5.74, 6) is 0.403. The second-order valence-electron chi connectivity index (χ2n) is 5.08. The molecule has 0 aliphatic rings. The summed E-state index contributed by atoms with van der Waals surface area (Å²) in [6, 6.07) is 12.7. The van der Waals surface area contributed by atoms with Crippen molar-refractivity contribution < 1.29 is 19.7 Å². The number of benzene rings is 2. The zero-order valence-electron chi connectivity index (χ0n) is 12.5. The molecule has 2 aromatic carbocycles. The number of unbranched alkanes of at least 4 members (excludes halogenated alkanes) is 1. The second-order valence-corrected chi connectivity index (χ2v) is 5.08. The average molecular weight is 300 g/mol. The first kappa shape index (κ1) is 16.0. The summed E-state index contributed by atoms with van der Waals surface area (Å²) in [4.78, 5) is 12.2. The third kappa shape index (κ3) is 4.09. The van der Waals surface area contributed by atoms with Crippen molar-refractivity contribution in [2.24, 2.45) is 0 Å². The van der Waals surface area contributed by atoms with Gasteiger partial charge in [0, 0.05) is 5.56 Å². The van der Waals surface area contributed by atoms with Crippen LogP contribution in [0.1, 0.15) is 41.8 Å². The van der Waals surface area contributed by atoms with Crippen LogP contribution in [0.5, 0.6) is 11.5 Å².